The normalized spacial score (nSPS) is 14.5. The Balaban J connectivity index is 0.876. The van der Waals surface area contributed by atoms with Gasteiger partial charge in [-0.25, -0.2) is 0 Å². The summed E-state index contributed by atoms with van der Waals surface area (Å²) in [4.78, 5) is 2.70. The fraction of sp³-hybridized carbons (Fsp3) is 0.276. The molecule has 4 aliphatic rings. The van der Waals surface area contributed by atoms with Crippen LogP contribution in [0.5, 0.6) is 0 Å². The van der Waals surface area contributed by atoms with Crippen LogP contribution in [-0.2, 0) is 21.7 Å². The van der Waals surface area contributed by atoms with Crippen LogP contribution in [0.25, 0.3) is 99.5 Å². The molecule has 0 fully saturated rings. The van der Waals surface area contributed by atoms with Crippen LogP contribution in [0.4, 0.5) is 17.1 Å². The van der Waals surface area contributed by atoms with Gasteiger partial charge in [0.15, 0.2) is 0 Å². The summed E-state index contributed by atoms with van der Waals surface area (Å²) in [6, 6.07) is 120. The predicted molar refractivity (Wildman–Crippen MR) is 502 cm³/mol. The maximum absolute atomic E-state index is 7.70. The minimum atomic E-state index is -0.806. The van der Waals surface area contributed by atoms with E-state index in [1.54, 1.807) is 16.7 Å². The van der Waals surface area contributed by atoms with E-state index in [9.17, 15) is 0 Å². The van der Waals surface area contributed by atoms with Crippen LogP contribution in [0.3, 0.4) is 0 Å². The topological polar surface area (TPSA) is 29.5 Å². The molecule has 3 nitrogen and oxygen atoms in total. The fourth-order valence-corrected chi connectivity index (χ4v) is 23.4. The quantitative estimate of drug-likeness (QED) is 0.0394. The average molecular weight is 1550 g/mol. The molecule has 0 saturated heterocycles. The van der Waals surface area contributed by atoms with E-state index >= 15 is 0 Å². The minimum Gasteiger partial charge on any atom is -0.456 e. The summed E-state index contributed by atoms with van der Waals surface area (Å²) >= 11 is 0. The Labute approximate surface area is 705 Å². The number of rotatable bonds is 32. The molecule has 0 atom stereocenters. The van der Waals surface area contributed by atoms with Crippen molar-refractivity contribution in [1.29, 1.82) is 0 Å². The molecule has 0 amide bonds. The maximum atomic E-state index is 7.70. The molecule has 0 bridgehead atoms. The van der Waals surface area contributed by atoms with Crippen LogP contribution < -0.4 is 4.90 Å². The lowest BCUT2D eigenvalue weighted by Crippen LogP contribution is -2.33. The lowest BCUT2D eigenvalue weighted by Gasteiger charge is -2.40. The number of benzene rings is 14. The molecular weight excluding hydrogens is 1440 g/mol. The summed E-state index contributed by atoms with van der Waals surface area (Å²) in [6.07, 6.45) is 29.2. The highest BCUT2D eigenvalue weighted by molar-refractivity contribution is 6.21. The first-order chi connectivity index (χ1) is 58.9. The van der Waals surface area contributed by atoms with Gasteiger partial charge in [-0.3, -0.25) is 0 Å². The largest absolute Gasteiger partial charge is 0.456 e. The molecule has 119 heavy (non-hydrogen) atoms. The summed E-state index contributed by atoms with van der Waals surface area (Å²) in [5, 5.41) is 4.82. The number of hydrogen-bond acceptors (Lipinski definition) is 3. The predicted octanol–water partition coefficient (Wildman–Crippen LogP) is 33.3. The van der Waals surface area contributed by atoms with Crippen molar-refractivity contribution in [3.05, 3.63) is 376 Å². The molecule has 0 aliphatic heterocycles. The van der Waals surface area contributed by atoms with Crippen LogP contribution in [0.2, 0.25) is 0 Å². The van der Waals surface area contributed by atoms with Gasteiger partial charge >= 0.3 is 0 Å². The molecule has 20 rings (SSSR count). The molecule has 0 unspecified atom stereocenters. The monoisotopic (exact) mass is 1550 g/mol. The molecule has 2 heterocycles. The Hall–Kier alpha value is -11.5. The van der Waals surface area contributed by atoms with E-state index in [2.05, 4.69) is 342 Å². The van der Waals surface area contributed by atoms with Gasteiger partial charge in [-0.05, 0) is 198 Å². The molecule has 14 aromatic carbocycles. The Kier molecular flexibility index (Phi) is 20.7. The highest BCUT2D eigenvalue weighted by atomic mass is 16.3. The molecule has 0 spiro atoms. The lowest BCUT2D eigenvalue weighted by atomic mass is 9.62. The molecule has 2 aromatic heterocycles. The SMILES string of the molecule is CCCCCCCC1(CCCCCCC)c2ccccc2-c2c1c1c(c3c2oc2ccccc23)-c2ccc(N(c3ccc4c(c3)C(c3ccccc3)(c3ccccc3)c3cc5c(cc3-4)C(c3ccccc3)(c3ccccc3)c3ccc4oc6ccccc6c4c3-5)c3ccccc3-c3ccccc3)cc2C1(CCCCCCC)CCCCCCC. The summed E-state index contributed by atoms with van der Waals surface area (Å²) in [5.41, 5.74) is 34.5. The first-order valence-corrected chi connectivity index (χ1v) is 45.6. The summed E-state index contributed by atoms with van der Waals surface area (Å²) in [6.45, 7) is 9.50. The van der Waals surface area contributed by atoms with Gasteiger partial charge in [-0.1, -0.05) is 405 Å². The number of nitrogens with zero attached hydrogens (tertiary/aromatic N) is 1. The highest BCUT2D eigenvalue weighted by Gasteiger charge is 2.56. The van der Waals surface area contributed by atoms with Crippen molar-refractivity contribution >= 4 is 60.9 Å². The smallest absolute Gasteiger partial charge is 0.144 e. The average Bonchev–Trinajstić information content (AvgIpc) is 1.50. The van der Waals surface area contributed by atoms with Gasteiger partial charge in [-0.15, -0.1) is 0 Å². The first-order valence-electron chi connectivity index (χ1n) is 45.6. The van der Waals surface area contributed by atoms with Gasteiger partial charge in [0.05, 0.1) is 16.5 Å². The van der Waals surface area contributed by atoms with Crippen LogP contribution in [0.1, 0.15) is 249 Å². The Morgan fingerprint density at radius 3 is 1.21 bits per heavy atom. The number of para-hydroxylation sites is 3. The molecule has 0 saturated carbocycles. The van der Waals surface area contributed by atoms with Gasteiger partial charge in [-0.2, -0.15) is 0 Å². The molecule has 4 aliphatic carbocycles. The number of unbranched alkanes of at least 4 members (excludes halogenated alkanes) is 16. The van der Waals surface area contributed by atoms with Gasteiger partial charge in [0.1, 0.15) is 22.3 Å². The van der Waals surface area contributed by atoms with Crippen molar-refractivity contribution in [1.82, 2.24) is 0 Å². The van der Waals surface area contributed by atoms with Crippen molar-refractivity contribution < 1.29 is 8.83 Å². The van der Waals surface area contributed by atoms with Crippen LogP contribution >= 0.6 is 0 Å². The Morgan fingerprint density at radius 2 is 0.655 bits per heavy atom. The Bertz CT molecular complexity index is 6270. The fourth-order valence-electron chi connectivity index (χ4n) is 23.4. The van der Waals surface area contributed by atoms with Gasteiger partial charge in [0, 0.05) is 54.9 Å². The molecule has 0 radical (unpaired) electrons. The van der Waals surface area contributed by atoms with Gasteiger partial charge < -0.3 is 13.7 Å². The van der Waals surface area contributed by atoms with E-state index < -0.39 is 10.8 Å². The zero-order chi connectivity index (χ0) is 80.1. The molecule has 592 valence electrons. The van der Waals surface area contributed by atoms with Gasteiger partial charge in [0.2, 0.25) is 0 Å². The summed E-state index contributed by atoms with van der Waals surface area (Å²) < 4.78 is 14.7. The second-order valence-electron chi connectivity index (χ2n) is 35.2. The third kappa shape index (κ3) is 12.3. The molecule has 3 heteroatoms. The van der Waals surface area contributed by atoms with Gasteiger partial charge in [0.25, 0.3) is 0 Å². The second-order valence-corrected chi connectivity index (χ2v) is 35.2. The van der Waals surface area contributed by atoms with Crippen molar-refractivity contribution in [2.24, 2.45) is 0 Å². The van der Waals surface area contributed by atoms with Crippen LogP contribution in [0.15, 0.2) is 318 Å². The van der Waals surface area contributed by atoms with E-state index in [0.29, 0.717) is 0 Å². The Morgan fingerprint density at radius 1 is 0.252 bits per heavy atom. The van der Waals surface area contributed by atoms with Crippen molar-refractivity contribution in [3.8, 4) is 55.6 Å². The van der Waals surface area contributed by atoms with E-state index in [4.69, 9.17) is 8.83 Å². The number of hydrogen-bond donors (Lipinski definition) is 0. The third-order valence-electron chi connectivity index (χ3n) is 28.6. The highest BCUT2D eigenvalue weighted by Crippen LogP contribution is 2.70. The lowest BCUT2D eigenvalue weighted by molar-refractivity contribution is 0.369. The third-order valence-corrected chi connectivity index (χ3v) is 28.6. The zero-order valence-corrected chi connectivity index (χ0v) is 70.2. The van der Waals surface area contributed by atoms with E-state index in [-0.39, 0.29) is 10.8 Å². The second kappa shape index (κ2) is 32.3. The van der Waals surface area contributed by atoms with Crippen molar-refractivity contribution in [3.63, 3.8) is 0 Å². The number of anilines is 3. The molecule has 16 aromatic rings. The van der Waals surface area contributed by atoms with Crippen LogP contribution in [-0.4, -0.2) is 0 Å². The van der Waals surface area contributed by atoms with Crippen LogP contribution in [0, 0.1) is 0 Å². The molecular formula is C116H111NO2. The summed E-state index contributed by atoms with van der Waals surface area (Å²) in [5.74, 6) is 0. The summed E-state index contributed by atoms with van der Waals surface area (Å²) in [7, 11) is 0. The first kappa shape index (κ1) is 76.2. The number of furan rings is 2. The van der Waals surface area contributed by atoms with Crippen molar-refractivity contribution in [2.75, 3.05) is 4.90 Å². The minimum absolute atomic E-state index is 0.206. The molecule has 0 N–H and O–H groups in total. The van der Waals surface area contributed by atoms with E-state index in [0.717, 1.165) is 83.0 Å². The van der Waals surface area contributed by atoms with E-state index in [1.807, 2.05) is 0 Å². The standard InChI is InChI=1S/C116H111NO2/c1-5-9-13-17-44-72-113(73-45-18-14-10-6-2)95-62-40-36-59-89(95)109-111(113)110-107(108-92-61-39-43-65-103(92)119-112(108)109)90-69-67-85(76-97(90)114(110,74-46-19-15-11-7-3)75-47-20-16-12-8-4)117(101-63-41-37-58-87(101)80-48-26-21-27-49-80)86-66-68-88-93-78-100-94(79-99(93)116(98(88)77-86,83-54-32-24-33-55-83)84-56-34-25-35-57-84)105-96(70-71-104-106(105)91-60-38-42-64-102(91)118-104)115(100,81-50-28-22-29-51-81)82-52-30-23-31-53-82/h21-43,48-71,76-79H,5-20,44-47,72-75H2,1-4H3. The maximum Gasteiger partial charge on any atom is 0.144 e. The zero-order valence-electron chi connectivity index (χ0n) is 70.2. The number of fused-ring (bicyclic) bond motifs is 22. The van der Waals surface area contributed by atoms with Crippen molar-refractivity contribution in [2.45, 2.75) is 203 Å². The van der Waals surface area contributed by atoms with E-state index in [1.165, 1.54) is 238 Å².